The molecule has 162 valence electrons. The molecule has 1 N–H and O–H groups in total. The van der Waals surface area contributed by atoms with Gasteiger partial charge in [0.05, 0.1) is 16.8 Å². The smallest absolute Gasteiger partial charge is 0.269 e. The Bertz CT molecular complexity index is 1140. The summed E-state index contributed by atoms with van der Waals surface area (Å²) in [7, 11) is -4.08. The van der Waals surface area contributed by atoms with Gasteiger partial charge < -0.3 is 10.2 Å². The first-order chi connectivity index (χ1) is 14.9. The predicted octanol–water partition coefficient (Wildman–Crippen LogP) is 2.49. The van der Waals surface area contributed by atoms with Crippen molar-refractivity contribution < 1.29 is 22.8 Å². The third-order valence-electron chi connectivity index (χ3n) is 5.52. The Hall–Kier alpha value is -3.20. The summed E-state index contributed by atoms with van der Waals surface area (Å²) >= 11 is 0. The number of nitrogens with one attached hydrogen (secondary N) is 1. The summed E-state index contributed by atoms with van der Waals surface area (Å²) in [6.07, 6.45) is 4.05. The lowest BCUT2D eigenvalue weighted by Crippen LogP contribution is -2.38. The van der Waals surface area contributed by atoms with E-state index in [0.29, 0.717) is 28.6 Å². The molecule has 2 aliphatic heterocycles. The highest BCUT2D eigenvalue weighted by atomic mass is 32.2. The predicted molar refractivity (Wildman–Crippen MR) is 114 cm³/mol. The summed E-state index contributed by atoms with van der Waals surface area (Å²) in [5, 5.41) is 2.61. The fourth-order valence-corrected chi connectivity index (χ4v) is 5.46. The van der Waals surface area contributed by atoms with E-state index in [4.69, 9.17) is 0 Å². The van der Waals surface area contributed by atoms with Crippen LogP contribution in [-0.4, -0.2) is 55.0 Å². The summed E-state index contributed by atoms with van der Waals surface area (Å²) in [4.78, 5) is 39.9. The van der Waals surface area contributed by atoms with Crippen molar-refractivity contribution in [2.45, 2.75) is 30.6 Å². The van der Waals surface area contributed by atoms with Gasteiger partial charge in [-0.15, -0.1) is 0 Å². The minimum Gasteiger partial charge on any atom is -0.339 e. The number of para-hydroxylation sites is 1. The molecule has 0 bridgehead atoms. The molecule has 2 heterocycles. The molecule has 4 rings (SSSR count). The van der Waals surface area contributed by atoms with Crippen LogP contribution in [0.5, 0.6) is 0 Å². The number of carbonyl (C=O) groups is 3. The Morgan fingerprint density at radius 3 is 2.26 bits per heavy atom. The van der Waals surface area contributed by atoms with Crippen molar-refractivity contribution in [3.8, 4) is 0 Å². The second-order valence-corrected chi connectivity index (χ2v) is 9.44. The number of hydrogen-bond acceptors (Lipinski definition) is 5. The number of amides is 3. The van der Waals surface area contributed by atoms with Gasteiger partial charge in [0.1, 0.15) is 11.4 Å². The number of benzene rings is 2. The summed E-state index contributed by atoms with van der Waals surface area (Å²) in [6, 6.07) is 12.5. The second kappa shape index (κ2) is 8.50. The quantitative estimate of drug-likeness (QED) is 0.785. The van der Waals surface area contributed by atoms with Gasteiger partial charge in [-0.2, -0.15) is 0 Å². The van der Waals surface area contributed by atoms with Crippen molar-refractivity contribution in [2.75, 3.05) is 25.0 Å². The zero-order valence-electron chi connectivity index (χ0n) is 16.9. The lowest BCUT2D eigenvalue weighted by molar-refractivity contribution is -0.116. The van der Waals surface area contributed by atoms with Crippen LogP contribution in [0.1, 0.15) is 46.4 Å². The lowest BCUT2D eigenvalue weighted by atomic mass is 10.1. The second-order valence-electron chi connectivity index (χ2n) is 7.61. The van der Waals surface area contributed by atoms with Gasteiger partial charge in [-0.1, -0.05) is 37.1 Å². The van der Waals surface area contributed by atoms with Gasteiger partial charge in [-0.3, -0.25) is 14.4 Å². The van der Waals surface area contributed by atoms with E-state index in [-0.39, 0.29) is 16.4 Å². The van der Waals surface area contributed by atoms with Crippen molar-refractivity contribution in [2.24, 2.45) is 0 Å². The molecule has 2 aromatic carbocycles. The minimum atomic E-state index is -4.08. The van der Waals surface area contributed by atoms with E-state index in [1.807, 2.05) is 0 Å². The molecule has 8 nitrogen and oxygen atoms in total. The van der Waals surface area contributed by atoms with Crippen LogP contribution in [-0.2, 0) is 14.8 Å². The van der Waals surface area contributed by atoms with Gasteiger partial charge in [-0.05, 0) is 37.1 Å². The summed E-state index contributed by atoms with van der Waals surface area (Å²) < 4.78 is 25.9. The molecule has 1 saturated heterocycles. The Kier molecular flexibility index (Phi) is 5.77. The molecular formula is C22H23N3O5S. The van der Waals surface area contributed by atoms with E-state index in [1.165, 1.54) is 18.2 Å². The maximum atomic E-state index is 13.0. The van der Waals surface area contributed by atoms with Crippen LogP contribution < -0.4 is 5.32 Å². The molecule has 31 heavy (non-hydrogen) atoms. The molecule has 0 aliphatic carbocycles. The third kappa shape index (κ3) is 4.05. The first-order valence-electron chi connectivity index (χ1n) is 10.2. The number of nitrogens with zero attached hydrogens (tertiary/aromatic N) is 2. The minimum absolute atomic E-state index is 0.0482. The van der Waals surface area contributed by atoms with Crippen LogP contribution in [0.4, 0.5) is 5.69 Å². The maximum Gasteiger partial charge on any atom is 0.269 e. The standard InChI is InChI=1S/C22H23N3O5S/c26-20(15-25-22(28)17-10-4-6-12-19(17)31(25,29)30)23-18-11-5-3-9-16(18)21(27)24-13-7-1-2-8-14-24/h3-6,9-12H,1-2,7-8,13-15H2,(H,23,26). The largest absolute Gasteiger partial charge is 0.339 e. The number of anilines is 1. The van der Waals surface area contributed by atoms with Gasteiger partial charge >= 0.3 is 0 Å². The van der Waals surface area contributed by atoms with Crippen molar-refractivity contribution >= 4 is 33.4 Å². The molecule has 0 unspecified atom stereocenters. The number of fused-ring (bicyclic) bond motifs is 1. The Morgan fingerprint density at radius 1 is 0.903 bits per heavy atom. The molecule has 3 amide bonds. The van der Waals surface area contributed by atoms with Gasteiger partial charge in [0.2, 0.25) is 5.91 Å². The highest BCUT2D eigenvalue weighted by Gasteiger charge is 2.41. The van der Waals surface area contributed by atoms with Crippen LogP contribution in [0, 0.1) is 0 Å². The summed E-state index contributed by atoms with van der Waals surface area (Å²) in [5.41, 5.74) is 0.687. The number of carbonyl (C=O) groups excluding carboxylic acids is 3. The van der Waals surface area contributed by atoms with E-state index in [9.17, 15) is 22.8 Å². The zero-order chi connectivity index (χ0) is 22.0. The summed E-state index contributed by atoms with van der Waals surface area (Å²) in [6.45, 7) is 0.669. The number of sulfonamides is 1. The maximum absolute atomic E-state index is 13.0. The third-order valence-corrected chi connectivity index (χ3v) is 7.31. The molecule has 0 radical (unpaired) electrons. The Balaban J connectivity index is 1.51. The number of hydrogen-bond donors (Lipinski definition) is 1. The Labute approximate surface area is 180 Å². The summed E-state index contributed by atoms with van der Waals surface area (Å²) in [5.74, 6) is -1.60. The van der Waals surface area contributed by atoms with E-state index >= 15 is 0 Å². The average molecular weight is 442 g/mol. The van der Waals surface area contributed by atoms with Crippen molar-refractivity contribution in [1.29, 1.82) is 0 Å². The fraction of sp³-hybridized carbons (Fsp3) is 0.318. The highest BCUT2D eigenvalue weighted by molar-refractivity contribution is 7.90. The number of likely N-dealkylation sites (tertiary alicyclic amines) is 1. The van der Waals surface area contributed by atoms with E-state index in [0.717, 1.165) is 25.7 Å². The molecule has 1 fully saturated rings. The Morgan fingerprint density at radius 2 is 1.55 bits per heavy atom. The molecule has 0 aromatic heterocycles. The van der Waals surface area contributed by atoms with Gasteiger partial charge in [0.15, 0.2) is 0 Å². The van der Waals surface area contributed by atoms with Crippen LogP contribution in [0.3, 0.4) is 0 Å². The molecule has 0 atom stereocenters. The molecule has 2 aliphatic rings. The van der Waals surface area contributed by atoms with Crippen LogP contribution >= 0.6 is 0 Å². The first-order valence-corrected chi connectivity index (χ1v) is 11.7. The molecule has 0 spiro atoms. The average Bonchev–Trinajstić information content (AvgIpc) is 2.97. The fourth-order valence-electron chi connectivity index (χ4n) is 3.93. The molecule has 2 aromatic rings. The monoisotopic (exact) mass is 441 g/mol. The number of rotatable bonds is 4. The first kappa shape index (κ1) is 21.0. The molecule has 9 heteroatoms. The van der Waals surface area contributed by atoms with E-state index in [1.54, 1.807) is 35.2 Å². The van der Waals surface area contributed by atoms with Crippen LogP contribution in [0.15, 0.2) is 53.4 Å². The topological polar surface area (TPSA) is 104 Å². The SMILES string of the molecule is O=C(CN1C(=O)c2ccccc2S1(=O)=O)Nc1ccccc1C(=O)N1CCCCCC1. The van der Waals surface area contributed by atoms with Crippen LogP contribution in [0.25, 0.3) is 0 Å². The van der Waals surface area contributed by atoms with E-state index in [2.05, 4.69) is 5.32 Å². The van der Waals surface area contributed by atoms with Crippen molar-refractivity contribution in [1.82, 2.24) is 9.21 Å². The highest BCUT2D eigenvalue weighted by Crippen LogP contribution is 2.29. The van der Waals surface area contributed by atoms with Gasteiger partial charge in [0, 0.05) is 13.1 Å². The van der Waals surface area contributed by atoms with Crippen molar-refractivity contribution in [3.05, 3.63) is 59.7 Å². The zero-order valence-corrected chi connectivity index (χ0v) is 17.7. The van der Waals surface area contributed by atoms with Crippen molar-refractivity contribution in [3.63, 3.8) is 0 Å². The van der Waals surface area contributed by atoms with E-state index < -0.39 is 28.4 Å². The normalized spacial score (nSPS) is 17.7. The molecular weight excluding hydrogens is 418 g/mol. The van der Waals surface area contributed by atoms with Gasteiger partial charge in [-0.25, -0.2) is 12.7 Å². The lowest BCUT2D eigenvalue weighted by Gasteiger charge is -2.22. The molecule has 0 saturated carbocycles. The van der Waals surface area contributed by atoms with Crippen LogP contribution in [0.2, 0.25) is 0 Å². The van der Waals surface area contributed by atoms with Gasteiger partial charge in [0.25, 0.3) is 21.8 Å².